The molecule has 0 radical (unpaired) electrons. The van der Waals surface area contributed by atoms with Crippen LogP contribution in [0.25, 0.3) is 0 Å². The van der Waals surface area contributed by atoms with Crippen molar-refractivity contribution in [1.29, 1.82) is 0 Å². The van der Waals surface area contributed by atoms with Crippen molar-refractivity contribution >= 4 is 11.6 Å². The first kappa shape index (κ1) is 10.6. The summed E-state index contributed by atoms with van der Waals surface area (Å²) in [7, 11) is 0. The van der Waals surface area contributed by atoms with E-state index in [-0.39, 0.29) is 28.5 Å². The lowest BCUT2D eigenvalue weighted by Gasteiger charge is -2.04. The van der Waals surface area contributed by atoms with E-state index in [2.05, 4.69) is 6.58 Å². The van der Waals surface area contributed by atoms with Gasteiger partial charge in [0, 0.05) is 5.57 Å². The lowest BCUT2D eigenvalue weighted by molar-refractivity contribution is -0.116. The molecular formula is C9H12O3. The van der Waals surface area contributed by atoms with E-state index in [4.69, 9.17) is 5.11 Å². The van der Waals surface area contributed by atoms with Crippen LogP contribution in [-0.4, -0.2) is 16.7 Å². The predicted octanol–water partition coefficient (Wildman–Crippen LogP) is 1.55. The summed E-state index contributed by atoms with van der Waals surface area (Å²) >= 11 is 0. The van der Waals surface area contributed by atoms with Gasteiger partial charge in [0.1, 0.15) is 5.76 Å². The molecule has 0 heterocycles. The summed E-state index contributed by atoms with van der Waals surface area (Å²) in [4.78, 5) is 21.7. The third-order valence-corrected chi connectivity index (χ3v) is 1.44. The smallest absolute Gasteiger partial charge is 0.163 e. The molecule has 66 valence electrons. The van der Waals surface area contributed by atoms with Crippen molar-refractivity contribution in [2.24, 2.45) is 0 Å². The fourth-order valence-electron chi connectivity index (χ4n) is 0.862. The van der Waals surface area contributed by atoms with Crippen LogP contribution in [0.1, 0.15) is 20.8 Å². The largest absolute Gasteiger partial charge is 0.512 e. The first-order chi connectivity index (χ1) is 5.37. The molecule has 0 atom stereocenters. The molecule has 0 aromatic carbocycles. The molecule has 0 saturated carbocycles. The highest BCUT2D eigenvalue weighted by Gasteiger charge is 2.14. The third kappa shape index (κ3) is 2.34. The van der Waals surface area contributed by atoms with Crippen LogP contribution >= 0.6 is 0 Å². The minimum atomic E-state index is -0.352. The summed E-state index contributed by atoms with van der Waals surface area (Å²) in [5.41, 5.74) is 0.0741. The molecule has 3 nitrogen and oxygen atoms in total. The van der Waals surface area contributed by atoms with Gasteiger partial charge in [-0.1, -0.05) is 6.58 Å². The molecule has 3 heteroatoms. The molecule has 0 aliphatic rings. The lowest BCUT2D eigenvalue weighted by atomic mass is 10.0. The van der Waals surface area contributed by atoms with Gasteiger partial charge >= 0.3 is 0 Å². The zero-order chi connectivity index (χ0) is 9.89. The highest BCUT2D eigenvalue weighted by atomic mass is 16.3. The molecule has 0 aliphatic carbocycles. The molecule has 0 aromatic heterocycles. The van der Waals surface area contributed by atoms with Crippen LogP contribution in [0.2, 0.25) is 0 Å². The number of carbonyl (C=O) groups is 2. The molecule has 0 unspecified atom stereocenters. The summed E-state index contributed by atoms with van der Waals surface area (Å²) in [6, 6.07) is 0. The quantitative estimate of drug-likeness (QED) is 0.395. The van der Waals surface area contributed by atoms with Crippen molar-refractivity contribution in [2.45, 2.75) is 20.8 Å². The van der Waals surface area contributed by atoms with E-state index in [0.29, 0.717) is 0 Å². The minimum Gasteiger partial charge on any atom is -0.512 e. The number of allylic oxidation sites excluding steroid dienone is 3. The molecule has 0 spiro atoms. The Balaban J connectivity index is 5.06. The zero-order valence-electron chi connectivity index (χ0n) is 7.47. The molecule has 0 aromatic rings. The van der Waals surface area contributed by atoms with Crippen LogP contribution in [0, 0.1) is 0 Å². The van der Waals surface area contributed by atoms with Crippen molar-refractivity contribution in [3.05, 3.63) is 23.5 Å². The number of aliphatic hydroxyl groups is 1. The van der Waals surface area contributed by atoms with Gasteiger partial charge in [-0.3, -0.25) is 9.59 Å². The maximum atomic E-state index is 10.9. The number of rotatable bonds is 3. The Hall–Kier alpha value is -1.38. The second-order valence-electron chi connectivity index (χ2n) is 2.55. The van der Waals surface area contributed by atoms with Gasteiger partial charge in [-0.15, -0.1) is 0 Å². The molecule has 0 fully saturated rings. The van der Waals surface area contributed by atoms with Gasteiger partial charge in [-0.2, -0.15) is 0 Å². The standard InChI is InChI=1S/C9H12O3/c1-5(6(2)10)9(7(3)11)8(4)12/h11H,1H2,2-4H3/b9-7-. The van der Waals surface area contributed by atoms with Crippen LogP contribution < -0.4 is 0 Å². The van der Waals surface area contributed by atoms with Gasteiger partial charge in [-0.05, 0) is 20.8 Å². The molecule has 12 heavy (non-hydrogen) atoms. The van der Waals surface area contributed by atoms with E-state index >= 15 is 0 Å². The lowest BCUT2D eigenvalue weighted by Crippen LogP contribution is -2.08. The number of hydrogen-bond donors (Lipinski definition) is 1. The second kappa shape index (κ2) is 3.85. The van der Waals surface area contributed by atoms with Crippen molar-refractivity contribution in [3.8, 4) is 0 Å². The fourth-order valence-corrected chi connectivity index (χ4v) is 0.862. The summed E-state index contributed by atoms with van der Waals surface area (Å²) in [5.74, 6) is -0.827. The third-order valence-electron chi connectivity index (χ3n) is 1.44. The number of hydrogen-bond acceptors (Lipinski definition) is 3. The summed E-state index contributed by atoms with van der Waals surface area (Å²) < 4.78 is 0. The summed E-state index contributed by atoms with van der Waals surface area (Å²) in [6.07, 6.45) is 0. The van der Waals surface area contributed by atoms with Gasteiger partial charge < -0.3 is 5.11 Å². The fraction of sp³-hybridized carbons (Fsp3) is 0.333. The van der Waals surface area contributed by atoms with E-state index in [0.717, 1.165) is 0 Å². The number of aliphatic hydroxyl groups excluding tert-OH is 1. The minimum absolute atomic E-state index is 0.0162. The molecule has 0 amide bonds. The molecule has 0 rings (SSSR count). The Bertz CT molecular complexity index is 267. The normalized spacial score (nSPS) is 11.9. The first-order valence-corrected chi connectivity index (χ1v) is 3.49. The maximum absolute atomic E-state index is 10.9. The Kier molecular flexibility index (Phi) is 3.41. The highest BCUT2D eigenvalue weighted by Crippen LogP contribution is 2.13. The van der Waals surface area contributed by atoms with E-state index in [9.17, 15) is 9.59 Å². The molecule has 1 N–H and O–H groups in total. The van der Waals surface area contributed by atoms with Crippen molar-refractivity contribution in [3.63, 3.8) is 0 Å². The van der Waals surface area contributed by atoms with E-state index in [1.807, 2.05) is 0 Å². The topological polar surface area (TPSA) is 54.4 Å². The summed E-state index contributed by atoms with van der Waals surface area (Å²) in [6.45, 7) is 7.34. The second-order valence-corrected chi connectivity index (χ2v) is 2.55. The Morgan fingerprint density at radius 3 is 1.58 bits per heavy atom. The van der Waals surface area contributed by atoms with Gasteiger partial charge in [0.25, 0.3) is 0 Å². The molecule has 0 aliphatic heterocycles. The summed E-state index contributed by atoms with van der Waals surface area (Å²) in [5, 5.41) is 9.05. The molecule has 0 saturated heterocycles. The van der Waals surface area contributed by atoms with Gasteiger partial charge in [0.2, 0.25) is 0 Å². The number of ketones is 2. The van der Waals surface area contributed by atoms with Gasteiger partial charge in [0.05, 0.1) is 5.57 Å². The Morgan fingerprint density at radius 1 is 1.08 bits per heavy atom. The van der Waals surface area contributed by atoms with Crippen LogP contribution in [-0.2, 0) is 9.59 Å². The van der Waals surface area contributed by atoms with Crippen molar-refractivity contribution < 1.29 is 14.7 Å². The Morgan fingerprint density at radius 2 is 1.50 bits per heavy atom. The zero-order valence-corrected chi connectivity index (χ0v) is 7.47. The van der Waals surface area contributed by atoms with E-state index < -0.39 is 0 Å². The van der Waals surface area contributed by atoms with Crippen LogP contribution in [0.15, 0.2) is 23.5 Å². The first-order valence-electron chi connectivity index (χ1n) is 3.49. The van der Waals surface area contributed by atoms with Crippen molar-refractivity contribution in [1.82, 2.24) is 0 Å². The molecular weight excluding hydrogens is 156 g/mol. The number of Topliss-reactive ketones (excluding diaryl/α,β-unsaturated/α-hetero) is 2. The average Bonchev–Trinajstić information content (AvgIpc) is 1.85. The average molecular weight is 168 g/mol. The van der Waals surface area contributed by atoms with Crippen LogP contribution in [0.4, 0.5) is 0 Å². The maximum Gasteiger partial charge on any atom is 0.163 e. The monoisotopic (exact) mass is 168 g/mol. The number of carbonyl (C=O) groups excluding carboxylic acids is 2. The van der Waals surface area contributed by atoms with Gasteiger partial charge in [0.15, 0.2) is 11.6 Å². The highest BCUT2D eigenvalue weighted by molar-refractivity contribution is 6.10. The SMILES string of the molecule is C=C(C(C)=O)/C(C(C)=O)=C(\C)O. The predicted molar refractivity (Wildman–Crippen MR) is 45.8 cm³/mol. The molecule has 0 bridgehead atoms. The Labute approximate surface area is 71.4 Å². The van der Waals surface area contributed by atoms with E-state index in [1.165, 1.54) is 20.8 Å². The van der Waals surface area contributed by atoms with E-state index in [1.54, 1.807) is 0 Å². The van der Waals surface area contributed by atoms with Gasteiger partial charge in [-0.25, -0.2) is 0 Å². The van der Waals surface area contributed by atoms with Crippen LogP contribution in [0.5, 0.6) is 0 Å². The van der Waals surface area contributed by atoms with Crippen LogP contribution in [0.3, 0.4) is 0 Å². The van der Waals surface area contributed by atoms with Crippen molar-refractivity contribution in [2.75, 3.05) is 0 Å².